The summed E-state index contributed by atoms with van der Waals surface area (Å²) < 4.78 is 5.10. The first-order valence-corrected chi connectivity index (χ1v) is 7.41. The molecule has 2 rings (SSSR count). The molecule has 2 N–H and O–H groups in total. The van der Waals surface area contributed by atoms with Crippen LogP contribution >= 0.6 is 0 Å². The number of benzene rings is 1. The van der Waals surface area contributed by atoms with E-state index in [-0.39, 0.29) is 16.7 Å². The van der Waals surface area contributed by atoms with E-state index in [0.717, 1.165) is 25.8 Å². The van der Waals surface area contributed by atoms with Crippen LogP contribution in [-0.4, -0.2) is 31.2 Å². The molecule has 0 radical (unpaired) electrons. The second-order valence-electron chi connectivity index (χ2n) is 5.39. The molecule has 1 aromatic rings. The van der Waals surface area contributed by atoms with Crippen LogP contribution in [0.3, 0.4) is 0 Å². The average molecular weight is 293 g/mol. The summed E-state index contributed by atoms with van der Waals surface area (Å²) in [6, 6.07) is 5.33. The summed E-state index contributed by atoms with van der Waals surface area (Å²) in [6.07, 6.45) is 3.27. The van der Waals surface area contributed by atoms with E-state index in [1.165, 1.54) is 13.2 Å². The number of hydrogen-bond donors (Lipinski definition) is 1. The molecule has 2 atom stereocenters. The number of nitrogens with two attached hydrogens (primary N) is 1. The molecular weight excluding hydrogens is 270 g/mol. The summed E-state index contributed by atoms with van der Waals surface area (Å²) in [6.45, 7) is 3.39. The molecule has 2 unspecified atom stereocenters. The largest absolute Gasteiger partial charge is 0.496 e. The molecular formula is C15H23N3O3. The van der Waals surface area contributed by atoms with Crippen molar-refractivity contribution in [2.24, 2.45) is 11.7 Å². The van der Waals surface area contributed by atoms with Crippen molar-refractivity contribution in [1.29, 1.82) is 0 Å². The summed E-state index contributed by atoms with van der Waals surface area (Å²) in [4.78, 5) is 13.2. The van der Waals surface area contributed by atoms with Crippen molar-refractivity contribution in [1.82, 2.24) is 0 Å². The van der Waals surface area contributed by atoms with Gasteiger partial charge in [0.05, 0.1) is 18.1 Å². The maximum atomic E-state index is 11.4. The molecule has 116 valence electrons. The van der Waals surface area contributed by atoms with Gasteiger partial charge < -0.3 is 15.4 Å². The maximum Gasteiger partial charge on any atom is 0.296 e. The molecule has 6 heteroatoms. The summed E-state index contributed by atoms with van der Waals surface area (Å²) in [5.74, 6) is 0.912. The summed E-state index contributed by atoms with van der Waals surface area (Å²) in [5, 5.41) is 11.4. The monoisotopic (exact) mass is 293 g/mol. The minimum absolute atomic E-state index is 0.0962. The first-order valence-electron chi connectivity index (χ1n) is 7.41. The predicted molar refractivity (Wildman–Crippen MR) is 82.9 cm³/mol. The number of nitrogens with zero attached hydrogens (tertiary/aromatic N) is 2. The van der Waals surface area contributed by atoms with Crippen molar-refractivity contribution in [2.45, 2.75) is 32.2 Å². The van der Waals surface area contributed by atoms with E-state index >= 15 is 0 Å². The minimum atomic E-state index is -0.340. The maximum absolute atomic E-state index is 11.4. The van der Waals surface area contributed by atoms with Gasteiger partial charge in [-0.1, -0.05) is 6.42 Å². The third kappa shape index (κ3) is 3.10. The van der Waals surface area contributed by atoms with Crippen molar-refractivity contribution in [3.05, 3.63) is 28.3 Å². The molecule has 0 bridgehead atoms. The standard InChI is InChI=1S/C15H23N3O3/c1-3-17(13-6-4-5-11(13)10-16)14-8-7-12(21-2)9-15(14)18(19)20/h7-9,11,13H,3-6,10,16H2,1-2H3. The molecule has 0 amide bonds. The fourth-order valence-corrected chi connectivity index (χ4v) is 3.31. The fraction of sp³-hybridized carbons (Fsp3) is 0.600. The Morgan fingerprint density at radius 1 is 1.48 bits per heavy atom. The zero-order valence-corrected chi connectivity index (χ0v) is 12.6. The third-order valence-electron chi connectivity index (χ3n) is 4.35. The normalized spacial score (nSPS) is 21.3. The summed E-state index contributed by atoms with van der Waals surface area (Å²) in [7, 11) is 1.51. The Bertz CT molecular complexity index is 507. The lowest BCUT2D eigenvalue weighted by molar-refractivity contribution is -0.384. The smallest absolute Gasteiger partial charge is 0.296 e. The van der Waals surface area contributed by atoms with Gasteiger partial charge in [-0.05, 0) is 44.4 Å². The number of hydrogen-bond acceptors (Lipinski definition) is 5. The molecule has 1 fully saturated rings. The van der Waals surface area contributed by atoms with Crippen LogP contribution in [0, 0.1) is 16.0 Å². The Morgan fingerprint density at radius 2 is 2.24 bits per heavy atom. The van der Waals surface area contributed by atoms with E-state index < -0.39 is 0 Å². The number of rotatable bonds is 6. The van der Waals surface area contributed by atoms with Gasteiger partial charge in [0.1, 0.15) is 11.4 Å². The molecule has 0 aromatic heterocycles. The highest BCUT2D eigenvalue weighted by atomic mass is 16.6. The zero-order chi connectivity index (χ0) is 15.4. The van der Waals surface area contributed by atoms with E-state index in [1.54, 1.807) is 12.1 Å². The van der Waals surface area contributed by atoms with Crippen molar-refractivity contribution >= 4 is 11.4 Å². The van der Waals surface area contributed by atoms with Crippen LogP contribution in [-0.2, 0) is 0 Å². The lowest BCUT2D eigenvalue weighted by atomic mass is 10.0. The molecule has 6 nitrogen and oxygen atoms in total. The molecule has 1 aliphatic carbocycles. The van der Waals surface area contributed by atoms with Crippen LogP contribution in [0.1, 0.15) is 26.2 Å². The van der Waals surface area contributed by atoms with Crippen LogP contribution in [0.25, 0.3) is 0 Å². The molecule has 1 aromatic carbocycles. The second-order valence-corrected chi connectivity index (χ2v) is 5.39. The van der Waals surface area contributed by atoms with Crippen molar-refractivity contribution in [3.8, 4) is 5.75 Å². The van der Waals surface area contributed by atoms with Gasteiger partial charge in [0.25, 0.3) is 5.69 Å². The highest BCUT2D eigenvalue weighted by molar-refractivity contribution is 5.66. The van der Waals surface area contributed by atoms with Crippen LogP contribution < -0.4 is 15.4 Å². The Hall–Kier alpha value is -1.82. The van der Waals surface area contributed by atoms with Gasteiger partial charge in [-0.3, -0.25) is 10.1 Å². The Balaban J connectivity index is 2.39. The van der Waals surface area contributed by atoms with Crippen LogP contribution in [0.5, 0.6) is 5.75 Å². The highest BCUT2D eigenvalue weighted by Gasteiger charge is 2.33. The Labute approximate surface area is 125 Å². The molecule has 0 aliphatic heterocycles. The molecule has 1 aliphatic rings. The minimum Gasteiger partial charge on any atom is -0.496 e. The quantitative estimate of drug-likeness (QED) is 0.644. The first kappa shape index (κ1) is 15.6. The first-order chi connectivity index (χ1) is 10.1. The van der Waals surface area contributed by atoms with Gasteiger partial charge in [0.2, 0.25) is 0 Å². The van der Waals surface area contributed by atoms with E-state index in [2.05, 4.69) is 4.90 Å². The second kappa shape index (κ2) is 6.76. The van der Waals surface area contributed by atoms with Gasteiger partial charge in [-0.25, -0.2) is 0 Å². The van der Waals surface area contributed by atoms with Crippen molar-refractivity contribution in [2.75, 3.05) is 25.1 Å². The third-order valence-corrected chi connectivity index (χ3v) is 4.35. The van der Waals surface area contributed by atoms with Crippen LogP contribution in [0.15, 0.2) is 18.2 Å². The van der Waals surface area contributed by atoms with Crippen LogP contribution in [0.4, 0.5) is 11.4 Å². The van der Waals surface area contributed by atoms with Gasteiger partial charge in [0, 0.05) is 12.6 Å². The number of methoxy groups -OCH3 is 1. The van der Waals surface area contributed by atoms with Crippen molar-refractivity contribution in [3.63, 3.8) is 0 Å². The Morgan fingerprint density at radius 3 is 2.81 bits per heavy atom. The van der Waals surface area contributed by atoms with Gasteiger partial charge in [0.15, 0.2) is 0 Å². The fourth-order valence-electron chi connectivity index (χ4n) is 3.31. The average Bonchev–Trinajstić information content (AvgIpc) is 2.96. The molecule has 0 saturated heterocycles. The van der Waals surface area contributed by atoms with Gasteiger partial charge in [-0.15, -0.1) is 0 Å². The van der Waals surface area contributed by atoms with E-state index in [0.29, 0.717) is 23.9 Å². The lowest BCUT2D eigenvalue weighted by Crippen LogP contribution is -2.40. The number of ether oxygens (including phenoxy) is 1. The topological polar surface area (TPSA) is 81.6 Å². The van der Waals surface area contributed by atoms with E-state index in [9.17, 15) is 10.1 Å². The van der Waals surface area contributed by atoms with E-state index in [4.69, 9.17) is 10.5 Å². The number of nitro benzene ring substituents is 1. The predicted octanol–water partition coefficient (Wildman–Crippen LogP) is 2.56. The van der Waals surface area contributed by atoms with Gasteiger partial charge in [-0.2, -0.15) is 0 Å². The molecule has 1 saturated carbocycles. The van der Waals surface area contributed by atoms with Crippen molar-refractivity contribution < 1.29 is 9.66 Å². The number of anilines is 1. The Kier molecular flexibility index (Phi) is 5.01. The SMILES string of the molecule is CCN(c1ccc(OC)cc1[N+](=O)[O-])C1CCCC1CN. The molecule has 0 spiro atoms. The van der Waals surface area contributed by atoms with Crippen LogP contribution in [0.2, 0.25) is 0 Å². The molecule has 0 heterocycles. The van der Waals surface area contributed by atoms with Gasteiger partial charge >= 0.3 is 0 Å². The molecule has 21 heavy (non-hydrogen) atoms. The summed E-state index contributed by atoms with van der Waals surface area (Å²) in [5.41, 5.74) is 6.61. The highest BCUT2D eigenvalue weighted by Crippen LogP contribution is 2.38. The van der Waals surface area contributed by atoms with E-state index in [1.807, 2.05) is 6.92 Å². The lowest BCUT2D eigenvalue weighted by Gasteiger charge is -2.33. The summed E-state index contributed by atoms with van der Waals surface area (Å²) >= 11 is 0. The zero-order valence-electron chi connectivity index (χ0n) is 12.6. The number of nitro groups is 1.